The lowest BCUT2D eigenvalue weighted by Crippen LogP contribution is -2.34. The summed E-state index contributed by atoms with van der Waals surface area (Å²) >= 11 is 6.00. The van der Waals surface area contributed by atoms with Crippen molar-refractivity contribution in [2.45, 2.75) is 31.9 Å². The van der Waals surface area contributed by atoms with Gasteiger partial charge in [-0.3, -0.25) is 4.79 Å². The van der Waals surface area contributed by atoms with Crippen LogP contribution in [0, 0.1) is 16.7 Å². The Balaban J connectivity index is 2.01. The van der Waals surface area contributed by atoms with Crippen LogP contribution >= 0.6 is 11.6 Å². The maximum absolute atomic E-state index is 12.4. The molecule has 2 atom stereocenters. The topological polar surface area (TPSA) is 64.3 Å². The third kappa shape index (κ3) is 1.59. The van der Waals surface area contributed by atoms with E-state index in [2.05, 4.69) is 0 Å². The molecule has 1 N–H and O–H groups in total. The zero-order chi connectivity index (χ0) is 13.8. The van der Waals surface area contributed by atoms with Crippen LogP contribution in [0.15, 0.2) is 18.2 Å². The lowest BCUT2D eigenvalue weighted by molar-refractivity contribution is -0.123. The van der Waals surface area contributed by atoms with Gasteiger partial charge in [0, 0.05) is 5.69 Å². The van der Waals surface area contributed by atoms with E-state index in [0.717, 1.165) is 12.8 Å². The van der Waals surface area contributed by atoms with Crippen LogP contribution in [0.4, 0.5) is 5.69 Å². The van der Waals surface area contributed by atoms with Gasteiger partial charge < -0.3 is 10.0 Å². The Morgan fingerprint density at radius 2 is 2.21 bits per heavy atom. The highest BCUT2D eigenvalue weighted by Gasteiger charge is 2.64. The third-order valence-electron chi connectivity index (χ3n) is 4.22. The molecular weight excluding hydrogens is 264 g/mol. The van der Waals surface area contributed by atoms with E-state index in [9.17, 15) is 9.90 Å². The Morgan fingerprint density at radius 1 is 1.53 bits per heavy atom. The molecule has 2 fully saturated rings. The second kappa shape index (κ2) is 3.96. The number of halogens is 1. The van der Waals surface area contributed by atoms with Gasteiger partial charge in [0.1, 0.15) is 6.07 Å². The van der Waals surface area contributed by atoms with Crippen molar-refractivity contribution in [2.75, 3.05) is 4.90 Å². The fourth-order valence-corrected chi connectivity index (χ4v) is 3.11. The van der Waals surface area contributed by atoms with E-state index in [4.69, 9.17) is 16.9 Å². The van der Waals surface area contributed by atoms with Gasteiger partial charge in [-0.05, 0) is 38.0 Å². The van der Waals surface area contributed by atoms with Gasteiger partial charge >= 0.3 is 0 Å². The Hall–Kier alpha value is -1.57. The van der Waals surface area contributed by atoms with Crippen LogP contribution in [0.2, 0.25) is 5.02 Å². The van der Waals surface area contributed by atoms with Crippen LogP contribution in [0.1, 0.15) is 25.3 Å². The Labute approximate surface area is 116 Å². The van der Waals surface area contributed by atoms with Crippen molar-refractivity contribution in [3.05, 3.63) is 28.8 Å². The van der Waals surface area contributed by atoms with Gasteiger partial charge in [-0.1, -0.05) is 11.6 Å². The maximum atomic E-state index is 12.4. The van der Waals surface area contributed by atoms with Crippen molar-refractivity contribution in [2.24, 2.45) is 5.41 Å². The highest BCUT2D eigenvalue weighted by Crippen LogP contribution is 2.56. The van der Waals surface area contributed by atoms with E-state index in [1.165, 1.54) is 0 Å². The van der Waals surface area contributed by atoms with E-state index in [1.54, 1.807) is 23.1 Å². The first kappa shape index (κ1) is 12.5. The van der Waals surface area contributed by atoms with Crippen LogP contribution in [0.25, 0.3) is 0 Å². The number of aliphatic hydroxyl groups is 1. The molecule has 1 aromatic carbocycles. The van der Waals surface area contributed by atoms with Crippen LogP contribution in [-0.2, 0) is 4.79 Å². The van der Waals surface area contributed by atoms with Crippen molar-refractivity contribution in [3.63, 3.8) is 0 Å². The smallest absolute Gasteiger partial charge is 0.236 e. The lowest BCUT2D eigenvalue weighted by atomic mass is 9.99. The minimum atomic E-state index is -0.630. The second-order valence-electron chi connectivity index (χ2n) is 5.29. The van der Waals surface area contributed by atoms with E-state index < -0.39 is 11.5 Å². The molecular formula is C14H13ClN2O2. The van der Waals surface area contributed by atoms with Gasteiger partial charge in [-0.15, -0.1) is 0 Å². The second-order valence-corrected chi connectivity index (χ2v) is 5.70. The minimum Gasteiger partial charge on any atom is -0.390 e. The number of aliphatic hydroxyl groups excluding tert-OH is 1. The van der Waals surface area contributed by atoms with Crippen molar-refractivity contribution < 1.29 is 9.90 Å². The third-order valence-corrected chi connectivity index (χ3v) is 4.53. The number of rotatable bonds is 1. The Morgan fingerprint density at radius 3 is 2.68 bits per heavy atom. The molecule has 1 aliphatic carbocycles. The molecule has 2 aliphatic rings. The van der Waals surface area contributed by atoms with Crippen LogP contribution in [-0.4, -0.2) is 23.2 Å². The molecule has 1 saturated heterocycles. The molecule has 1 heterocycles. The molecule has 19 heavy (non-hydrogen) atoms. The standard InChI is InChI=1S/C14H13ClN2O2/c1-8-12(18)14(4-5-14)13(19)17(8)10-3-2-9(7-16)11(15)6-10/h2-3,6,8,12,18H,4-5H2,1H3/t8-,12+/m1/s1. The molecule has 1 aromatic rings. The van der Waals surface area contributed by atoms with Gasteiger partial charge in [0.15, 0.2) is 0 Å². The molecule has 5 heteroatoms. The van der Waals surface area contributed by atoms with E-state index in [0.29, 0.717) is 16.3 Å². The van der Waals surface area contributed by atoms with Gasteiger partial charge in [0.25, 0.3) is 0 Å². The zero-order valence-electron chi connectivity index (χ0n) is 10.4. The Kier molecular flexibility index (Phi) is 2.60. The van der Waals surface area contributed by atoms with E-state index in [-0.39, 0.29) is 11.9 Å². The number of hydrogen-bond acceptors (Lipinski definition) is 3. The van der Waals surface area contributed by atoms with Crippen molar-refractivity contribution in [1.29, 1.82) is 5.26 Å². The molecule has 4 nitrogen and oxygen atoms in total. The number of amides is 1. The number of carbonyl (C=O) groups excluding carboxylic acids is 1. The largest absolute Gasteiger partial charge is 0.390 e. The summed E-state index contributed by atoms with van der Waals surface area (Å²) in [5.74, 6) is -0.0340. The number of anilines is 1. The van der Waals surface area contributed by atoms with E-state index in [1.807, 2.05) is 13.0 Å². The molecule has 1 saturated carbocycles. The van der Waals surface area contributed by atoms with Crippen LogP contribution in [0.5, 0.6) is 0 Å². The van der Waals surface area contributed by atoms with Crippen LogP contribution in [0.3, 0.4) is 0 Å². The number of benzene rings is 1. The normalized spacial score (nSPS) is 27.7. The molecule has 3 rings (SSSR count). The predicted molar refractivity (Wildman–Crippen MR) is 70.8 cm³/mol. The first-order chi connectivity index (χ1) is 9.01. The highest BCUT2D eigenvalue weighted by molar-refractivity contribution is 6.32. The fourth-order valence-electron chi connectivity index (χ4n) is 2.90. The molecule has 0 bridgehead atoms. The van der Waals surface area contributed by atoms with Gasteiger partial charge in [0.05, 0.1) is 28.1 Å². The molecule has 98 valence electrons. The average Bonchev–Trinajstić information content (AvgIpc) is 3.16. The van der Waals surface area contributed by atoms with E-state index >= 15 is 0 Å². The quantitative estimate of drug-likeness (QED) is 0.854. The van der Waals surface area contributed by atoms with Gasteiger partial charge in [-0.25, -0.2) is 0 Å². The monoisotopic (exact) mass is 276 g/mol. The number of hydrogen-bond donors (Lipinski definition) is 1. The lowest BCUT2D eigenvalue weighted by Gasteiger charge is -2.23. The molecule has 0 aromatic heterocycles. The first-order valence-electron chi connectivity index (χ1n) is 6.22. The number of carbonyl (C=O) groups is 1. The van der Waals surface area contributed by atoms with Crippen LogP contribution < -0.4 is 4.90 Å². The van der Waals surface area contributed by atoms with Crippen molar-refractivity contribution in [3.8, 4) is 6.07 Å². The minimum absolute atomic E-state index is 0.0340. The molecule has 1 amide bonds. The molecule has 1 aliphatic heterocycles. The predicted octanol–water partition coefficient (Wildman–Crippen LogP) is 2.09. The first-order valence-corrected chi connectivity index (χ1v) is 6.60. The summed E-state index contributed by atoms with van der Waals surface area (Å²) in [4.78, 5) is 14.0. The summed E-state index contributed by atoms with van der Waals surface area (Å²) in [6.07, 6.45) is 0.866. The van der Waals surface area contributed by atoms with Gasteiger partial charge in [0.2, 0.25) is 5.91 Å². The number of nitriles is 1. The molecule has 0 radical (unpaired) electrons. The zero-order valence-corrected chi connectivity index (χ0v) is 11.2. The maximum Gasteiger partial charge on any atom is 0.236 e. The summed E-state index contributed by atoms with van der Waals surface area (Å²) in [5.41, 5.74) is 0.454. The fraction of sp³-hybridized carbons (Fsp3) is 0.429. The summed E-state index contributed by atoms with van der Waals surface area (Å²) in [6, 6.07) is 6.64. The van der Waals surface area contributed by atoms with Crippen molar-refractivity contribution in [1.82, 2.24) is 0 Å². The summed E-state index contributed by atoms with van der Waals surface area (Å²) < 4.78 is 0. The Bertz CT molecular complexity index is 604. The molecule has 0 unspecified atom stereocenters. The SMILES string of the molecule is C[C@@H]1[C@H](O)C2(CC2)C(=O)N1c1ccc(C#N)c(Cl)c1. The molecule has 1 spiro atoms. The average molecular weight is 277 g/mol. The van der Waals surface area contributed by atoms with Crippen molar-refractivity contribution >= 4 is 23.2 Å². The number of nitrogens with zero attached hydrogens (tertiary/aromatic N) is 2. The summed E-state index contributed by atoms with van der Waals surface area (Å²) in [5, 5.41) is 19.4. The highest BCUT2D eigenvalue weighted by atomic mass is 35.5. The summed E-state index contributed by atoms with van der Waals surface area (Å²) in [6.45, 7) is 1.84. The summed E-state index contributed by atoms with van der Waals surface area (Å²) in [7, 11) is 0. The van der Waals surface area contributed by atoms with Gasteiger partial charge in [-0.2, -0.15) is 5.26 Å².